The second-order valence-electron chi connectivity index (χ2n) is 4.49. The fraction of sp³-hybridized carbons (Fsp3) is 0.750. The van der Waals surface area contributed by atoms with Gasteiger partial charge in [0, 0.05) is 25.7 Å². The van der Waals surface area contributed by atoms with E-state index in [9.17, 15) is 0 Å². The summed E-state index contributed by atoms with van der Waals surface area (Å²) in [6.45, 7) is 9.72. The third kappa shape index (κ3) is 3.44. The van der Waals surface area contributed by atoms with Gasteiger partial charge in [-0.2, -0.15) is 5.10 Å². The first-order valence-electron chi connectivity index (χ1n) is 6.07. The number of rotatable bonds is 6. The molecule has 1 aromatic heterocycles. The van der Waals surface area contributed by atoms with Gasteiger partial charge in [-0.05, 0) is 26.7 Å². The molecule has 0 bridgehead atoms. The maximum Gasteiger partial charge on any atom is 0.0860 e. The number of nitrogens with zero attached hydrogens (tertiary/aromatic N) is 2. The Morgan fingerprint density at radius 3 is 2.65 bits per heavy atom. The van der Waals surface area contributed by atoms with Gasteiger partial charge in [0.2, 0.25) is 0 Å². The maximum atomic E-state index is 9.08. The first-order valence-corrected chi connectivity index (χ1v) is 6.45. The number of aliphatic hydroxyl groups is 1. The summed E-state index contributed by atoms with van der Waals surface area (Å²) in [6, 6.07) is 0.247. The van der Waals surface area contributed by atoms with Gasteiger partial charge in [0.25, 0.3) is 0 Å². The van der Waals surface area contributed by atoms with Gasteiger partial charge in [0.1, 0.15) is 0 Å². The van der Waals surface area contributed by atoms with Crippen molar-refractivity contribution in [3.8, 4) is 0 Å². The number of aliphatic hydroxyl groups excluding tert-OH is 1. The Kier molecular flexibility index (Phi) is 5.43. The molecule has 0 spiro atoms. The normalized spacial score (nSPS) is 14.9. The number of halogens is 1. The van der Waals surface area contributed by atoms with E-state index in [1.165, 1.54) is 0 Å². The minimum Gasteiger partial charge on any atom is -0.396 e. The van der Waals surface area contributed by atoms with Crippen LogP contribution in [0.15, 0.2) is 0 Å². The molecule has 17 heavy (non-hydrogen) atoms. The molecule has 1 heterocycles. The lowest BCUT2D eigenvalue weighted by Gasteiger charge is -2.19. The quantitative estimate of drug-likeness (QED) is 0.821. The summed E-state index contributed by atoms with van der Waals surface area (Å²) in [5.74, 6) is 0.230. The van der Waals surface area contributed by atoms with Crippen LogP contribution in [0.1, 0.15) is 32.2 Å². The number of aromatic nitrogens is 2. The van der Waals surface area contributed by atoms with Crippen molar-refractivity contribution in [1.29, 1.82) is 0 Å². The molecule has 0 fully saturated rings. The van der Waals surface area contributed by atoms with Crippen LogP contribution < -0.4 is 5.32 Å². The van der Waals surface area contributed by atoms with Gasteiger partial charge in [-0.15, -0.1) is 0 Å². The third-order valence-corrected chi connectivity index (χ3v) is 3.68. The molecule has 0 saturated heterocycles. The van der Waals surface area contributed by atoms with Crippen LogP contribution in [0.25, 0.3) is 0 Å². The van der Waals surface area contributed by atoms with E-state index in [4.69, 9.17) is 16.7 Å². The fourth-order valence-corrected chi connectivity index (χ4v) is 1.86. The zero-order valence-corrected chi connectivity index (χ0v) is 11.8. The van der Waals surface area contributed by atoms with E-state index in [0.29, 0.717) is 6.54 Å². The van der Waals surface area contributed by atoms with Crippen molar-refractivity contribution >= 4 is 11.6 Å². The minimum absolute atomic E-state index is 0.188. The molecule has 2 N–H and O–H groups in total. The third-order valence-electron chi connectivity index (χ3n) is 3.19. The first kappa shape index (κ1) is 14.5. The average Bonchev–Trinajstić information content (AvgIpc) is 2.61. The summed E-state index contributed by atoms with van der Waals surface area (Å²) in [5.41, 5.74) is 1.89. The van der Waals surface area contributed by atoms with Crippen molar-refractivity contribution in [2.45, 2.75) is 46.8 Å². The molecule has 4 nitrogen and oxygen atoms in total. The number of nitrogens with one attached hydrogen (secondary N) is 1. The van der Waals surface area contributed by atoms with E-state index in [2.05, 4.69) is 17.3 Å². The van der Waals surface area contributed by atoms with E-state index >= 15 is 0 Å². The Hall–Kier alpha value is -0.580. The van der Waals surface area contributed by atoms with Crippen LogP contribution in [0, 0.1) is 12.8 Å². The largest absolute Gasteiger partial charge is 0.396 e. The second-order valence-corrected chi connectivity index (χ2v) is 4.87. The molecule has 0 aliphatic rings. The summed E-state index contributed by atoms with van der Waals surface area (Å²) in [4.78, 5) is 0. The Morgan fingerprint density at radius 2 is 2.12 bits per heavy atom. The second kappa shape index (κ2) is 6.38. The van der Waals surface area contributed by atoms with Crippen molar-refractivity contribution in [2.24, 2.45) is 5.92 Å². The van der Waals surface area contributed by atoms with Gasteiger partial charge in [0.05, 0.1) is 16.4 Å². The van der Waals surface area contributed by atoms with Gasteiger partial charge in [-0.25, -0.2) is 0 Å². The molecule has 2 unspecified atom stereocenters. The summed E-state index contributed by atoms with van der Waals surface area (Å²) >= 11 is 6.22. The monoisotopic (exact) mass is 259 g/mol. The molecule has 5 heteroatoms. The van der Waals surface area contributed by atoms with Crippen LogP contribution in [0.4, 0.5) is 0 Å². The lowest BCUT2D eigenvalue weighted by atomic mass is 10.1. The van der Waals surface area contributed by atoms with E-state index in [1.807, 2.05) is 25.5 Å². The van der Waals surface area contributed by atoms with Crippen LogP contribution in [0.5, 0.6) is 0 Å². The maximum absolute atomic E-state index is 9.08. The van der Waals surface area contributed by atoms with Crippen molar-refractivity contribution in [2.75, 3.05) is 6.61 Å². The van der Waals surface area contributed by atoms with Crippen LogP contribution >= 0.6 is 11.6 Å². The molecular weight excluding hydrogens is 238 g/mol. The van der Waals surface area contributed by atoms with Crippen LogP contribution in [-0.2, 0) is 13.1 Å². The highest BCUT2D eigenvalue weighted by atomic mass is 35.5. The van der Waals surface area contributed by atoms with E-state index in [0.717, 1.165) is 23.0 Å². The predicted octanol–water partition coefficient (Wildman–Crippen LogP) is 1.97. The smallest absolute Gasteiger partial charge is 0.0860 e. The van der Waals surface area contributed by atoms with E-state index in [1.54, 1.807) is 0 Å². The van der Waals surface area contributed by atoms with Gasteiger partial charge in [-0.1, -0.05) is 18.5 Å². The van der Waals surface area contributed by atoms with Gasteiger partial charge in [-0.3, -0.25) is 4.68 Å². The first-order chi connectivity index (χ1) is 8.01. The summed E-state index contributed by atoms with van der Waals surface area (Å²) in [7, 11) is 0. The van der Waals surface area contributed by atoms with E-state index < -0.39 is 0 Å². The number of hydrogen-bond donors (Lipinski definition) is 2. The van der Waals surface area contributed by atoms with E-state index in [-0.39, 0.29) is 18.6 Å². The van der Waals surface area contributed by atoms with Gasteiger partial charge < -0.3 is 10.4 Å². The molecule has 0 amide bonds. The van der Waals surface area contributed by atoms with Crippen molar-refractivity contribution in [1.82, 2.24) is 15.1 Å². The Balaban J connectivity index is 2.68. The lowest BCUT2D eigenvalue weighted by Crippen LogP contribution is -2.34. The van der Waals surface area contributed by atoms with Crippen LogP contribution in [0.3, 0.4) is 0 Å². The zero-order chi connectivity index (χ0) is 13.0. The van der Waals surface area contributed by atoms with Crippen LogP contribution in [-0.4, -0.2) is 27.5 Å². The standard InChI is InChI=1S/C12H22ClN3O/c1-5-16-11(12(13)10(4)15-16)6-14-9(3)8(2)7-17/h8-9,14,17H,5-7H2,1-4H3. The highest BCUT2D eigenvalue weighted by Crippen LogP contribution is 2.20. The summed E-state index contributed by atoms with van der Waals surface area (Å²) in [5, 5.41) is 17.6. The Labute approximate surface area is 108 Å². The van der Waals surface area contributed by atoms with Crippen LogP contribution in [0.2, 0.25) is 5.02 Å². The topological polar surface area (TPSA) is 50.1 Å². The fourth-order valence-electron chi connectivity index (χ4n) is 1.65. The van der Waals surface area contributed by atoms with Crippen molar-refractivity contribution < 1.29 is 5.11 Å². The van der Waals surface area contributed by atoms with Crippen molar-refractivity contribution in [3.63, 3.8) is 0 Å². The predicted molar refractivity (Wildman–Crippen MR) is 70.2 cm³/mol. The zero-order valence-electron chi connectivity index (χ0n) is 11.0. The molecule has 0 aromatic carbocycles. The molecule has 1 rings (SSSR count). The van der Waals surface area contributed by atoms with Gasteiger partial charge >= 0.3 is 0 Å². The lowest BCUT2D eigenvalue weighted by molar-refractivity contribution is 0.206. The SMILES string of the molecule is CCn1nc(C)c(Cl)c1CNC(C)C(C)CO. The summed E-state index contributed by atoms with van der Waals surface area (Å²) in [6.07, 6.45) is 0. The summed E-state index contributed by atoms with van der Waals surface area (Å²) < 4.78 is 1.92. The molecular formula is C12H22ClN3O. The highest BCUT2D eigenvalue weighted by molar-refractivity contribution is 6.31. The Morgan fingerprint density at radius 1 is 1.47 bits per heavy atom. The minimum atomic E-state index is 0.188. The molecule has 2 atom stereocenters. The number of aryl methyl sites for hydroxylation is 2. The Bertz CT molecular complexity index is 365. The molecule has 1 aromatic rings. The number of hydrogen-bond acceptors (Lipinski definition) is 3. The average molecular weight is 260 g/mol. The molecule has 0 aliphatic heterocycles. The molecule has 0 saturated carbocycles. The molecule has 98 valence electrons. The van der Waals surface area contributed by atoms with Gasteiger partial charge in [0.15, 0.2) is 0 Å². The highest BCUT2D eigenvalue weighted by Gasteiger charge is 2.15. The van der Waals surface area contributed by atoms with Crippen molar-refractivity contribution in [3.05, 3.63) is 16.4 Å². The molecule has 0 radical (unpaired) electrons. The molecule has 0 aliphatic carbocycles.